The molecule has 0 saturated carbocycles. The highest BCUT2D eigenvalue weighted by atomic mass is 79.9. The molecule has 1 atom stereocenters. The fraction of sp³-hybridized carbons (Fsp3) is 0.286. The summed E-state index contributed by atoms with van der Waals surface area (Å²) in [6.07, 6.45) is 1.82. The highest BCUT2D eigenvalue weighted by molar-refractivity contribution is 9.10. The maximum Gasteiger partial charge on any atom is 0.334 e. The molecule has 21 heavy (non-hydrogen) atoms. The maximum atomic E-state index is 11.6. The fourth-order valence-corrected chi connectivity index (χ4v) is 1.90. The Labute approximate surface area is 130 Å². The number of aliphatic carboxylic acids is 1. The number of carboxylic acids is 1. The molecule has 0 heterocycles. The molecule has 0 aromatic heterocycles. The van der Waals surface area contributed by atoms with E-state index < -0.39 is 18.0 Å². The third-order valence-corrected chi connectivity index (χ3v) is 3.12. The molecule has 0 aliphatic carbocycles. The number of rotatable bonds is 7. The molecule has 0 radical (unpaired) electrons. The number of amides is 1. The van der Waals surface area contributed by atoms with E-state index in [1.165, 1.54) is 20.3 Å². The van der Waals surface area contributed by atoms with Crippen molar-refractivity contribution >= 4 is 33.9 Å². The van der Waals surface area contributed by atoms with Crippen LogP contribution in [0.2, 0.25) is 0 Å². The molecule has 0 saturated heterocycles. The van der Waals surface area contributed by atoms with Crippen LogP contribution in [0.1, 0.15) is 5.56 Å². The second kappa shape index (κ2) is 8.43. The number of methoxy groups -OCH3 is 2. The van der Waals surface area contributed by atoms with Gasteiger partial charge in [-0.3, -0.25) is 4.79 Å². The Hall–Kier alpha value is -1.86. The van der Waals surface area contributed by atoms with Crippen molar-refractivity contribution in [3.63, 3.8) is 0 Å². The molecule has 0 bridgehead atoms. The zero-order valence-electron chi connectivity index (χ0n) is 11.6. The predicted molar refractivity (Wildman–Crippen MR) is 81.2 cm³/mol. The molecule has 2 N–H and O–H groups in total. The van der Waals surface area contributed by atoms with Crippen LogP contribution >= 0.6 is 15.9 Å². The van der Waals surface area contributed by atoms with Gasteiger partial charge in [0.1, 0.15) is 5.75 Å². The van der Waals surface area contributed by atoms with E-state index in [4.69, 9.17) is 14.6 Å². The number of carbonyl (C=O) groups excluding carboxylic acids is 1. The van der Waals surface area contributed by atoms with E-state index in [1.54, 1.807) is 18.2 Å². The average Bonchev–Trinajstić information content (AvgIpc) is 2.45. The lowest BCUT2D eigenvalue weighted by molar-refractivity contribution is -0.148. The van der Waals surface area contributed by atoms with E-state index in [-0.39, 0.29) is 6.54 Å². The summed E-state index contributed by atoms with van der Waals surface area (Å²) in [5, 5.41) is 11.2. The minimum absolute atomic E-state index is 0.107. The Morgan fingerprint density at radius 1 is 1.43 bits per heavy atom. The monoisotopic (exact) mass is 357 g/mol. The van der Waals surface area contributed by atoms with Crippen LogP contribution in [0.15, 0.2) is 28.7 Å². The Morgan fingerprint density at radius 2 is 2.14 bits per heavy atom. The maximum absolute atomic E-state index is 11.6. The zero-order valence-corrected chi connectivity index (χ0v) is 13.2. The van der Waals surface area contributed by atoms with Crippen LogP contribution in [0.5, 0.6) is 5.75 Å². The van der Waals surface area contributed by atoms with Crippen LogP contribution in [0.3, 0.4) is 0 Å². The van der Waals surface area contributed by atoms with E-state index in [9.17, 15) is 9.59 Å². The first-order valence-corrected chi connectivity index (χ1v) is 6.82. The Bertz CT molecular complexity index is 544. The Kier molecular flexibility index (Phi) is 6.90. The molecule has 0 aliphatic heterocycles. The van der Waals surface area contributed by atoms with Crippen molar-refractivity contribution in [3.05, 3.63) is 34.3 Å². The highest BCUT2D eigenvalue weighted by Gasteiger charge is 2.16. The molecule has 0 spiro atoms. The van der Waals surface area contributed by atoms with E-state index in [0.717, 1.165) is 10.0 Å². The quantitative estimate of drug-likeness (QED) is 0.725. The topological polar surface area (TPSA) is 84.9 Å². The molecule has 1 aromatic rings. The van der Waals surface area contributed by atoms with E-state index in [0.29, 0.717) is 5.75 Å². The SMILES string of the molecule is COc1ccc(Br)cc1/C=C/C(=O)NCC(OC)C(=O)O. The van der Waals surface area contributed by atoms with Crippen LogP contribution in [0.25, 0.3) is 6.08 Å². The van der Waals surface area contributed by atoms with Crippen molar-refractivity contribution in [2.75, 3.05) is 20.8 Å². The largest absolute Gasteiger partial charge is 0.496 e. The minimum Gasteiger partial charge on any atom is -0.496 e. The molecule has 114 valence electrons. The normalized spacial score (nSPS) is 12.1. The van der Waals surface area contributed by atoms with Crippen LogP contribution in [0.4, 0.5) is 0 Å². The van der Waals surface area contributed by atoms with Gasteiger partial charge in [-0.15, -0.1) is 0 Å². The van der Waals surface area contributed by atoms with Crippen molar-refractivity contribution in [1.29, 1.82) is 0 Å². The summed E-state index contributed by atoms with van der Waals surface area (Å²) in [6.45, 7) is -0.107. The summed E-state index contributed by atoms with van der Waals surface area (Å²) in [5.41, 5.74) is 0.726. The van der Waals surface area contributed by atoms with Crippen LogP contribution < -0.4 is 10.1 Å². The van der Waals surface area contributed by atoms with E-state index in [2.05, 4.69) is 21.2 Å². The molecule has 1 aromatic carbocycles. The zero-order chi connectivity index (χ0) is 15.8. The first-order chi connectivity index (χ1) is 9.97. The van der Waals surface area contributed by atoms with Crippen LogP contribution in [-0.4, -0.2) is 43.9 Å². The number of halogens is 1. The van der Waals surface area contributed by atoms with Gasteiger partial charge in [-0.1, -0.05) is 15.9 Å². The molecule has 1 rings (SSSR count). The van der Waals surface area contributed by atoms with Gasteiger partial charge in [0, 0.05) is 23.2 Å². The predicted octanol–water partition coefficient (Wildman–Crippen LogP) is 1.69. The molecule has 0 fully saturated rings. The molecule has 6 nitrogen and oxygen atoms in total. The lowest BCUT2D eigenvalue weighted by atomic mass is 10.2. The molecule has 0 aliphatic rings. The molecule has 7 heteroatoms. The van der Waals surface area contributed by atoms with Gasteiger partial charge in [-0.05, 0) is 24.3 Å². The number of nitrogens with one attached hydrogen (secondary N) is 1. The van der Waals surface area contributed by atoms with Crippen molar-refractivity contribution in [2.24, 2.45) is 0 Å². The Morgan fingerprint density at radius 3 is 2.71 bits per heavy atom. The summed E-state index contributed by atoms with van der Waals surface area (Å²) >= 11 is 3.34. The molecular formula is C14H16BrNO5. The number of carboxylic acid groups (broad SMARTS) is 1. The van der Waals surface area contributed by atoms with Gasteiger partial charge in [0.25, 0.3) is 0 Å². The summed E-state index contributed by atoms with van der Waals surface area (Å²) in [6, 6.07) is 5.40. The standard InChI is InChI=1S/C14H16BrNO5/c1-20-11-5-4-10(15)7-9(11)3-6-13(17)16-8-12(21-2)14(18)19/h3-7,12H,8H2,1-2H3,(H,16,17)(H,18,19)/b6-3+. The van der Waals surface area contributed by atoms with E-state index in [1.807, 2.05) is 6.07 Å². The summed E-state index contributed by atoms with van der Waals surface area (Å²) in [7, 11) is 2.81. The lowest BCUT2D eigenvalue weighted by Crippen LogP contribution is -2.37. The second-order valence-electron chi connectivity index (χ2n) is 4.03. The Balaban J connectivity index is 2.66. The van der Waals surface area contributed by atoms with Crippen LogP contribution in [-0.2, 0) is 14.3 Å². The van der Waals surface area contributed by atoms with Gasteiger partial charge < -0.3 is 19.9 Å². The highest BCUT2D eigenvalue weighted by Crippen LogP contribution is 2.23. The molecular weight excluding hydrogens is 342 g/mol. The minimum atomic E-state index is -1.13. The van der Waals surface area contributed by atoms with Crippen molar-refractivity contribution in [1.82, 2.24) is 5.32 Å². The third kappa shape index (κ3) is 5.57. The van der Waals surface area contributed by atoms with Crippen LogP contribution in [0, 0.1) is 0 Å². The van der Waals surface area contributed by atoms with Gasteiger partial charge >= 0.3 is 5.97 Å². The van der Waals surface area contributed by atoms with Gasteiger partial charge in [-0.25, -0.2) is 4.79 Å². The van der Waals surface area contributed by atoms with Gasteiger partial charge in [0.05, 0.1) is 13.7 Å². The van der Waals surface area contributed by atoms with Crippen molar-refractivity contribution in [3.8, 4) is 5.75 Å². The molecule has 1 unspecified atom stereocenters. The van der Waals surface area contributed by atoms with Gasteiger partial charge in [-0.2, -0.15) is 0 Å². The summed E-state index contributed by atoms with van der Waals surface area (Å²) < 4.78 is 10.7. The van der Waals surface area contributed by atoms with Gasteiger partial charge in [0.2, 0.25) is 5.91 Å². The number of hydrogen-bond donors (Lipinski definition) is 2. The average molecular weight is 358 g/mol. The molecule has 1 amide bonds. The number of benzene rings is 1. The number of ether oxygens (including phenoxy) is 2. The smallest absolute Gasteiger partial charge is 0.334 e. The number of carbonyl (C=O) groups is 2. The summed E-state index contributed by atoms with van der Waals surface area (Å²) in [4.78, 5) is 22.4. The first kappa shape index (κ1) is 17.2. The number of hydrogen-bond acceptors (Lipinski definition) is 4. The lowest BCUT2D eigenvalue weighted by Gasteiger charge is -2.10. The van der Waals surface area contributed by atoms with Gasteiger partial charge in [0.15, 0.2) is 6.10 Å². The fourth-order valence-electron chi connectivity index (χ4n) is 1.52. The second-order valence-corrected chi connectivity index (χ2v) is 4.94. The van der Waals surface area contributed by atoms with Crippen molar-refractivity contribution < 1.29 is 24.2 Å². The van der Waals surface area contributed by atoms with Crippen molar-refractivity contribution in [2.45, 2.75) is 6.10 Å². The first-order valence-electron chi connectivity index (χ1n) is 6.03. The van der Waals surface area contributed by atoms with E-state index >= 15 is 0 Å². The third-order valence-electron chi connectivity index (χ3n) is 2.63. The summed E-state index contributed by atoms with van der Waals surface area (Å²) in [5.74, 6) is -0.918.